The van der Waals surface area contributed by atoms with Gasteiger partial charge in [-0.2, -0.15) is 0 Å². The zero-order chi connectivity index (χ0) is 14.4. The quantitative estimate of drug-likeness (QED) is 0.793. The third kappa shape index (κ3) is 4.83. The summed E-state index contributed by atoms with van der Waals surface area (Å²) in [6, 6.07) is 7.67. The predicted octanol–water partition coefficient (Wildman–Crippen LogP) is 1.67. The molecular weight excluding hydrogens is 240 g/mol. The van der Waals surface area contributed by atoms with Gasteiger partial charge in [0, 0.05) is 12.6 Å². The first kappa shape index (κ1) is 15.4. The molecule has 104 valence electrons. The van der Waals surface area contributed by atoms with Gasteiger partial charge < -0.3 is 5.32 Å². The maximum Gasteiger partial charge on any atom is 0.233 e. The van der Waals surface area contributed by atoms with Crippen molar-refractivity contribution in [2.45, 2.75) is 19.8 Å². The summed E-state index contributed by atoms with van der Waals surface area (Å²) in [6.45, 7) is 4.71. The molecule has 0 aliphatic carbocycles. The Morgan fingerprint density at radius 2 is 1.74 bits per heavy atom. The lowest BCUT2D eigenvalue weighted by Crippen LogP contribution is -2.36. The van der Waals surface area contributed by atoms with Crippen LogP contribution in [0.25, 0.3) is 0 Å². The minimum Gasteiger partial charge on any atom is -0.358 e. The van der Waals surface area contributed by atoms with Gasteiger partial charge in [0.2, 0.25) is 5.91 Å². The van der Waals surface area contributed by atoms with E-state index in [4.69, 9.17) is 0 Å². The van der Waals surface area contributed by atoms with Crippen LogP contribution in [0.5, 0.6) is 0 Å². The van der Waals surface area contributed by atoms with Crippen molar-refractivity contribution in [3.63, 3.8) is 0 Å². The van der Waals surface area contributed by atoms with Crippen LogP contribution in [-0.2, 0) is 4.79 Å². The fraction of sp³-hybridized carbons (Fsp3) is 0.467. The average molecular weight is 262 g/mol. The number of nitrogens with zero attached hydrogens (tertiary/aromatic N) is 1. The number of nitrogens with one attached hydrogen (secondary N) is 1. The summed E-state index contributed by atoms with van der Waals surface area (Å²) >= 11 is 0. The van der Waals surface area contributed by atoms with Crippen LogP contribution in [0.4, 0.5) is 0 Å². The highest BCUT2D eigenvalue weighted by Crippen LogP contribution is 2.15. The van der Waals surface area contributed by atoms with E-state index in [0.29, 0.717) is 11.5 Å². The number of amides is 1. The van der Waals surface area contributed by atoms with Crippen LogP contribution in [0.1, 0.15) is 35.7 Å². The zero-order valence-electron chi connectivity index (χ0n) is 12.1. The second-order valence-electron chi connectivity index (χ2n) is 5.05. The predicted molar refractivity (Wildman–Crippen MR) is 76.4 cm³/mol. The Morgan fingerprint density at radius 3 is 2.21 bits per heavy atom. The van der Waals surface area contributed by atoms with Crippen LogP contribution in [-0.4, -0.2) is 43.8 Å². The molecule has 0 unspecified atom stereocenters. The lowest BCUT2D eigenvalue weighted by atomic mass is 10.0. The molecule has 1 N–H and O–H groups in total. The van der Waals surface area contributed by atoms with Gasteiger partial charge in [0.05, 0.1) is 13.1 Å². The SMILES string of the molecule is CNC(=O)CN(C)CC(=O)c1ccc(C(C)C)cc1. The summed E-state index contributed by atoms with van der Waals surface area (Å²) in [7, 11) is 3.35. The number of rotatable bonds is 6. The summed E-state index contributed by atoms with van der Waals surface area (Å²) in [6.07, 6.45) is 0. The minimum absolute atomic E-state index is 0.0294. The summed E-state index contributed by atoms with van der Waals surface area (Å²) in [5, 5.41) is 2.54. The van der Waals surface area contributed by atoms with E-state index in [1.807, 2.05) is 24.3 Å². The number of hydrogen-bond acceptors (Lipinski definition) is 3. The maximum absolute atomic E-state index is 12.0. The molecule has 19 heavy (non-hydrogen) atoms. The van der Waals surface area contributed by atoms with E-state index in [9.17, 15) is 9.59 Å². The molecule has 0 saturated heterocycles. The van der Waals surface area contributed by atoms with Crippen LogP contribution < -0.4 is 5.32 Å². The molecule has 0 radical (unpaired) electrons. The minimum atomic E-state index is -0.0922. The van der Waals surface area contributed by atoms with E-state index in [-0.39, 0.29) is 24.8 Å². The summed E-state index contributed by atoms with van der Waals surface area (Å²) < 4.78 is 0. The molecular formula is C15H22N2O2. The van der Waals surface area contributed by atoms with Crippen LogP contribution in [0, 0.1) is 0 Å². The van der Waals surface area contributed by atoms with Gasteiger partial charge in [-0.15, -0.1) is 0 Å². The highest BCUT2D eigenvalue weighted by molar-refractivity contribution is 5.97. The van der Waals surface area contributed by atoms with Crippen molar-refractivity contribution >= 4 is 11.7 Å². The maximum atomic E-state index is 12.0. The van der Waals surface area contributed by atoms with E-state index >= 15 is 0 Å². The van der Waals surface area contributed by atoms with Crippen LogP contribution in [0.15, 0.2) is 24.3 Å². The summed E-state index contributed by atoms with van der Waals surface area (Å²) in [5.74, 6) is 0.396. The van der Waals surface area contributed by atoms with Crippen molar-refractivity contribution in [2.24, 2.45) is 0 Å². The number of benzene rings is 1. The molecule has 0 aromatic heterocycles. The van der Waals surface area contributed by atoms with Crippen molar-refractivity contribution in [3.05, 3.63) is 35.4 Å². The van der Waals surface area contributed by atoms with E-state index in [1.54, 1.807) is 19.0 Å². The van der Waals surface area contributed by atoms with Crippen molar-refractivity contribution in [1.29, 1.82) is 0 Å². The molecule has 0 aliphatic heterocycles. The van der Waals surface area contributed by atoms with Gasteiger partial charge in [-0.1, -0.05) is 38.1 Å². The lowest BCUT2D eigenvalue weighted by molar-refractivity contribution is -0.121. The first-order valence-corrected chi connectivity index (χ1v) is 6.46. The molecule has 0 aliphatic rings. The standard InChI is InChI=1S/C15H22N2O2/c1-11(2)12-5-7-13(8-6-12)14(18)9-17(4)10-15(19)16-3/h5-8,11H,9-10H2,1-4H3,(H,16,19). The highest BCUT2D eigenvalue weighted by Gasteiger charge is 2.11. The number of ketones is 1. The molecule has 0 heterocycles. The van der Waals surface area contributed by atoms with Crippen molar-refractivity contribution in [1.82, 2.24) is 10.2 Å². The molecule has 0 atom stereocenters. The van der Waals surface area contributed by atoms with Gasteiger partial charge in [0.15, 0.2) is 5.78 Å². The molecule has 4 heteroatoms. The fourth-order valence-corrected chi connectivity index (χ4v) is 1.77. The number of carbonyl (C=O) groups is 2. The van der Waals surface area contributed by atoms with E-state index in [0.717, 1.165) is 0 Å². The number of carbonyl (C=O) groups excluding carboxylic acids is 2. The van der Waals surface area contributed by atoms with Gasteiger partial charge in [-0.3, -0.25) is 14.5 Å². The molecule has 1 aromatic carbocycles. The van der Waals surface area contributed by atoms with Crippen molar-refractivity contribution in [3.8, 4) is 0 Å². The fourth-order valence-electron chi connectivity index (χ4n) is 1.77. The molecule has 0 fully saturated rings. The Morgan fingerprint density at radius 1 is 1.16 bits per heavy atom. The highest BCUT2D eigenvalue weighted by atomic mass is 16.2. The van der Waals surface area contributed by atoms with Gasteiger partial charge >= 0.3 is 0 Å². The Bertz CT molecular complexity index is 438. The van der Waals surface area contributed by atoms with Crippen molar-refractivity contribution < 1.29 is 9.59 Å². The molecule has 0 spiro atoms. The molecule has 4 nitrogen and oxygen atoms in total. The van der Waals surface area contributed by atoms with Crippen molar-refractivity contribution in [2.75, 3.05) is 27.2 Å². The van der Waals surface area contributed by atoms with Gasteiger partial charge in [0.1, 0.15) is 0 Å². The smallest absolute Gasteiger partial charge is 0.233 e. The first-order chi connectivity index (χ1) is 8.93. The third-order valence-electron chi connectivity index (χ3n) is 3.01. The van der Waals surface area contributed by atoms with Gasteiger partial charge in [-0.05, 0) is 18.5 Å². The van der Waals surface area contributed by atoms with E-state index in [2.05, 4.69) is 19.2 Å². The second kappa shape index (κ2) is 7.04. The van der Waals surface area contributed by atoms with E-state index in [1.165, 1.54) is 5.56 Å². The second-order valence-corrected chi connectivity index (χ2v) is 5.05. The number of Topliss-reactive ketones (excluding diaryl/α,β-unsaturated/α-hetero) is 1. The lowest BCUT2D eigenvalue weighted by Gasteiger charge is -2.14. The van der Waals surface area contributed by atoms with Gasteiger partial charge in [-0.25, -0.2) is 0 Å². The number of hydrogen-bond donors (Lipinski definition) is 1. The third-order valence-corrected chi connectivity index (χ3v) is 3.01. The van der Waals surface area contributed by atoms with Crippen LogP contribution in [0.3, 0.4) is 0 Å². The Kier molecular flexibility index (Phi) is 5.70. The zero-order valence-corrected chi connectivity index (χ0v) is 12.1. The first-order valence-electron chi connectivity index (χ1n) is 6.46. The molecule has 1 rings (SSSR count). The monoisotopic (exact) mass is 262 g/mol. The Balaban J connectivity index is 2.60. The summed E-state index contributed by atoms with van der Waals surface area (Å²) in [5.41, 5.74) is 1.91. The molecule has 1 aromatic rings. The van der Waals surface area contributed by atoms with Crippen LogP contribution in [0.2, 0.25) is 0 Å². The molecule has 0 saturated carbocycles. The topological polar surface area (TPSA) is 49.4 Å². The average Bonchev–Trinajstić information content (AvgIpc) is 2.38. The molecule has 1 amide bonds. The molecule has 0 bridgehead atoms. The summed E-state index contributed by atoms with van der Waals surface area (Å²) in [4.78, 5) is 24.9. The normalized spacial score (nSPS) is 10.8. The number of likely N-dealkylation sites (N-methyl/N-ethyl adjacent to an activating group) is 2. The van der Waals surface area contributed by atoms with E-state index < -0.39 is 0 Å². The van der Waals surface area contributed by atoms with Crippen LogP contribution >= 0.6 is 0 Å². The Labute approximate surface area is 114 Å². The van der Waals surface area contributed by atoms with Gasteiger partial charge in [0.25, 0.3) is 0 Å². The Hall–Kier alpha value is -1.68. The largest absolute Gasteiger partial charge is 0.358 e.